The summed E-state index contributed by atoms with van der Waals surface area (Å²) in [7, 11) is 0. The molecule has 1 aliphatic carbocycles. The lowest BCUT2D eigenvalue weighted by Gasteiger charge is -2.02. The Morgan fingerprint density at radius 2 is 2.11 bits per heavy atom. The van der Waals surface area contributed by atoms with Crippen molar-refractivity contribution in [3.8, 4) is 0 Å². The smallest absolute Gasteiger partial charge is 0.331 e. The number of carbonyl (C=O) groups excluding carboxylic acids is 1. The van der Waals surface area contributed by atoms with Gasteiger partial charge in [-0.3, -0.25) is 14.9 Å². The zero-order valence-electron chi connectivity index (χ0n) is 14.6. The standard InChI is InChI=1S/C19H15N3O5S/c23-16(9-6-11-4-7-12(8-5-11)22(25)26)27-10-15-20-18(24)17-13-2-1-3-14(13)28-19(17)21-15/h4-9H,1-3,10H2,(H,20,21,24)/b9-6+. The number of ether oxygens (including phenoxy) is 1. The van der Waals surface area contributed by atoms with Crippen molar-refractivity contribution in [1.82, 2.24) is 9.97 Å². The molecule has 0 amide bonds. The second-order valence-corrected chi connectivity index (χ2v) is 7.42. The van der Waals surface area contributed by atoms with Gasteiger partial charge in [0.1, 0.15) is 17.3 Å². The van der Waals surface area contributed by atoms with E-state index in [9.17, 15) is 19.7 Å². The minimum atomic E-state index is -0.602. The average molecular weight is 397 g/mol. The molecule has 0 bridgehead atoms. The number of esters is 1. The Labute approximate surface area is 162 Å². The van der Waals surface area contributed by atoms with Gasteiger partial charge >= 0.3 is 5.97 Å². The Hall–Kier alpha value is -3.33. The van der Waals surface area contributed by atoms with E-state index in [1.54, 1.807) is 0 Å². The number of thiophene rings is 1. The number of nitrogens with zero attached hydrogens (tertiary/aromatic N) is 2. The van der Waals surface area contributed by atoms with Crippen LogP contribution in [-0.2, 0) is 29.0 Å². The van der Waals surface area contributed by atoms with Gasteiger partial charge in [-0.15, -0.1) is 11.3 Å². The van der Waals surface area contributed by atoms with Crippen molar-refractivity contribution in [3.63, 3.8) is 0 Å². The van der Waals surface area contributed by atoms with E-state index in [-0.39, 0.29) is 17.9 Å². The molecule has 3 aromatic rings. The Morgan fingerprint density at radius 3 is 2.86 bits per heavy atom. The highest BCUT2D eigenvalue weighted by Crippen LogP contribution is 2.34. The van der Waals surface area contributed by atoms with Gasteiger partial charge in [-0.1, -0.05) is 0 Å². The largest absolute Gasteiger partial charge is 0.454 e. The highest BCUT2D eigenvalue weighted by Gasteiger charge is 2.21. The van der Waals surface area contributed by atoms with Crippen LogP contribution < -0.4 is 5.56 Å². The molecule has 9 heteroatoms. The fourth-order valence-electron chi connectivity index (χ4n) is 3.17. The zero-order chi connectivity index (χ0) is 19.7. The fourth-order valence-corrected chi connectivity index (χ4v) is 4.46. The van der Waals surface area contributed by atoms with Crippen LogP contribution in [0.2, 0.25) is 0 Å². The van der Waals surface area contributed by atoms with Gasteiger partial charge in [0, 0.05) is 23.1 Å². The number of rotatable bonds is 5. The van der Waals surface area contributed by atoms with Crippen molar-refractivity contribution in [2.45, 2.75) is 25.9 Å². The maximum Gasteiger partial charge on any atom is 0.331 e. The van der Waals surface area contributed by atoms with Crippen LogP contribution in [-0.4, -0.2) is 20.9 Å². The van der Waals surface area contributed by atoms with E-state index in [1.165, 1.54) is 52.6 Å². The van der Waals surface area contributed by atoms with Crippen LogP contribution in [0.4, 0.5) is 5.69 Å². The zero-order valence-corrected chi connectivity index (χ0v) is 15.5. The minimum Gasteiger partial charge on any atom is -0.454 e. The number of non-ortho nitro benzene ring substituents is 1. The summed E-state index contributed by atoms with van der Waals surface area (Å²) < 4.78 is 5.13. The molecule has 2 heterocycles. The molecule has 1 N–H and O–H groups in total. The highest BCUT2D eigenvalue weighted by molar-refractivity contribution is 7.18. The van der Waals surface area contributed by atoms with Crippen LogP contribution in [0.1, 0.15) is 28.2 Å². The fraction of sp³-hybridized carbons (Fsp3) is 0.211. The van der Waals surface area contributed by atoms with E-state index in [0.717, 1.165) is 24.8 Å². The molecular formula is C19H15N3O5S. The van der Waals surface area contributed by atoms with Crippen LogP contribution in [0.5, 0.6) is 0 Å². The molecule has 4 rings (SSSR count). The third-order valence-corrected chi connectivity index (χ3v) is 5.68. The molecule has 0 atom stereocenters. The number of aromatic amines is 1. The molecule has 1 aliphatic rings. The summed E-state index contributed by atoms with van der Waals surface area (Å²) in [5.74, 6) is -0.302. The first-order chi connectivity index (χ1) is 13.5. The number of nitro groups is 1. The molecule has 0 spiro atoms. The molecule has 0 unspecified atom stereocenters. The Kier molecular flexibility index (Phi) is 4.74. The SMILES string of the molecule is O=C(/C=C/c1ccc([N+](=O)[O-])cc1)OCc1nc2sc3c(c2c(=O)[nH]1)CCC3. The monoisotopic (exact) mass is 397 g/mol. The first-order valence-electron chi connectivity index (χ1n) is 8.64. The van der Waals surface area contributed by atoms with Crippen molar-refractivity contribution < 1.29 is 14.5 Å². The molecular weight excluding hydrogens is 382 g/mol. The van der Waals surface area contributed by atoms with E-state index in [2.05, 4.69) is 9.97 Å². The molecule has 8 nitrogen and oxygen atoms in total. The van der Waals surface area contributed by atoms with E-state index in [0.29, 0.717) is 21.6 Å². The number of carbonyl (C=O) groups is 1. The van der Waals surface area contributed by atoms with Gasteiger partial charge in [-0.25, -0.2) is 9.78 Å². The van der Waals surface area contributed by atoms with Gasteiger partial charge in [0.15, 0.2) is 0 Å². The van der Waals surface area contributed by atoms with Crippen LogP contribution in [0.3, 0.4) is 0 Å². The molecule has 0 radical (unpaired) electrons. The number of fused-ring (bicyclic) bond motifs is 3. The van der Waals surface area contributed by atoms with Gasteiger partial charge in [0.05, 0.1) is 10.3 Å². The topological polar surface area (TPSA) is 115 Å². The van der Waals surface area contributed by atoms with E-state index < -0.39 is 10.9 Å². The first-order valence-corrected chi connectivity index (χ1v) is 9.45. The summed E-state index contributed by atoms with van der Waals surface area (Å²) in [5, 5.41) is 11.3. The number of nitro benzene ring substituents is 1. The lowest BCUT2D eigenvalue weighted by atomic mass is 10.2. The van der Waals surface area contributed by atoms with Crippen LogP contribution >= 0.6 is 11.3 Å². The minimum absolute atomic E-state index is 0.0234. The van der Waals surface area contributed by atoms with Crippen LogP contribution in [0.25, 0.3) is 16.3 Å². The predicted molar refractivity (Wildman–Crippen MR) is 104 cm³/mol. The van der Waals surface area contributed by atoms with Crippen molar-refractivity contribution in [3.05, 3.63) is 72.6 Å². The summed E-state index contributed by atoms with van der Waals surface area (Å²) in [5.41, 5.74) is 1.51. The summed E-state index contributed by atoms with van der Waals surface area (Å²) in [6, 6.07) is 5.77. The van der Waals surface area contributed by atoms with Gasteiger partial charge < -0.3 is 9.72 Å². The van der Waals surface area contributed by atoms with E-state index >= 15 is 0 Å². The third kappa shape index (κ3) is 3.56. The second kappa shape index (κ2) is 7.35. The number of nitrogens with one attached hydrogen (secondary N) is 1. The highest BCUT2D eigenvalue weighted by atomic mass is 32.1. The van der Waals surface area contributed by atoms with E-state index in [4.69, 9.17) is 4.74 Å². The Balaban J connectivity index is 1.42. The average Bonchev–Trinajstić information content (AvgIpc) is 3.25. The van der Waals surface area contributed by atoms with Crippen molar-refractivity contribution in [1.29, 1.82) is 0 Å². The van der Waals surface area contributed by atoms with Gasteiger partial charge in [-0.2, -0.15) is 0 Å². The normalized spacial score (nSPS) is 13.1. The van der Waals surface area contributed by atoms with Crippen LogP contribution in [0, 0.1) is 10.1 Å². The lowest BCUT2D eigenvalue weighted by molar-refractivity contribution is -0.384. The molecule has 142 valence electrons. The summed E-state index contributed by atoms with van der Waals surface area (Å²) in [4.78, 5) is 43.4. The number of hydrogen-bond donors (Lipinski definition) is 1. The number of aromatic nitrogens is 2. The summed E-state index contributed by atoms with van der Waals surface area (Å²) >= 11 is 1.53. The summed E-state index contributed by atoms with van der Waals surface area (Å²) in [6.45, 7) is -0.142. The maximum absolute atomic E-state index is 12.4. The summed E-state index contributed by atoms with van der Waals surface area (Å²) in [6.07, 6.45) is 5.67. The molecule has 1 aromatic carbocycles. The molecule has 28 heavy (non-hydrogen) atoms. The number of hydrogen-bond acceptors (Lipinski definition) is 7. The quantitative estimate of drug-likeness (QED) is 0.306. The third-order valence-electron chi connectivity index (χ3n) is 4.49. The lowest BCUT2D eigenvalue weighted by Crippen LogP contribution is -2.13. The van der Waals surface area contributed by atoms with Gasteiger partial charge in [0.25, 0.3) is 11.2 Å². The Bertz CT molecular complexity index is 1160. The predicted octanol–water partition coefficient (Wildman–Crippen LogP) is 3.14. The first kappa shape index (κ1) is 18.1. The molecule has 0 aliphatic heterocycles. The van der Waals surface area contributed by atoms with Crippen molar-refractivity contribution in [2.24, 2.45) is 0 Å². The Morgan fingerprint density at radius 1 is 1.32 bits per heavy atom. The molecule has 2 aromatic heterocycles. The number of aryl methyl sites for hydroxylation is 2. The van der Waals surface area contributed by atoms with Gasteiger partial charge in [0.2, 0.25) is 0 Å². The van der Waals surface area contributed by atoms with Crippen LogP contribution in [0.15, 0.2) is 35.1 Å². The van der Waals surface area contributed by atoms with E-state index in [1.807, 2.05) is 0 Å². The maximum atomic E-state index is 12.4. The molecule has 0 saturated heterocycles. The second-order valence-electron chi connectivity index (χ2n) is 6.34. The molecule has 0 fully saturated rings. The number of H-pyrrole nitrogens is 1. The number of benzene rings is 1. The van der Waals surface area contributed by atoms with Crippen molar-refractivity contribution >= 4 is 39.3 Å². The van der Waals surface area contributed by atoms with Gasteiger partial charge in [-0.05, 0) is 48.6 Å². The van der Waals surface area contributed by atoms with Crippen molar-refractivity contribution in [2.75, 3.05) is 0 Å². The molecule has 0 saturated carbocycles.